The van der Waals surface area contributed by atoms with Crippen LogP contribution in [0.3, 0.4) is 0 Å². The fourth-order valence-electron chi connectivity index (χ4n) is 3.61. The first-order valence-electron chi connectivity index (χ1n) is 9.81. The summed E-state index contributed by atoms with van der Waals surface area (Å²) in [7, 11) is 0. The molecule has 0 aliphatic heterocycles. The molecule has 2 heterocycles. The minimum atomic E-state index is -0.428. The summed E-state index contributed by atoms with van der Waals surface area (Å²) in [5, 5.41) is 0.686. The van der Waals surface area contributed by atoms with Gasteiger partial charge in [0, 0.05) is 11.1 Å². The number of pyridine rings is 1. The van der Waals surface area contributed by atoms with Gasteiger partial charge in [0.25, 0.3) is 11.5 Å². The first-order valence-corrected chi connectivity index (χ1v) is 9.81. The highest BCUT2D eigenvalue weighted by molar-refractivity contribution is 5.96. The lowest BCUT2D eigenvalue weighted by Gasteiger charge is -2.23. The first-order chi connectivity index (χ1) is 15.0. The molecule has 0 spiro atoms. The van der Waals surface area contributed by atoms with E-state index >= 15 is 0 Å². The fraction of sp³-hybridized carbons (Fsp3) is 0.120. The molecule has 156 valence electrons. The molecule has 1 N–H and O–H groups in total. The highest BCUT2D eigenvalue weighted by atomic mass is 19.1. The smallest absolute Gasteiger partial charge is 0.254 e. The fourth-order valence-corrected chi connectivity index (χ4v) is 3.61. The summed E-state index contributed by atoms with van der Waals surface area (Å²) in [6, 6.07) is 14.9. The van der Waals surface area contributed by atoms with E-state index in [4.69, 9.17) is 4.42 Å². The Kier molecular flexibility index (Phi) is 5.54. The molecule has 0 aliphatic rings. The molecule has 0 atom stereocenters. The summed E-state index contributed by atoms with van der Waals surface area (Å²) in [6.45, 7) is 5.94. The van der Waals surface area contributed by atoms with Crippen LogP contribution in [0.25, 0.3) is 17.0 Å². The van der Waals surface area contributed by atoms with Gasteiger partial charge in [-0.1, -0.05) is 24.8 Å². The number of carbonyl (C=O) groups excluding carboxylic acids is 1. The van der Waals surface area contributed by atoms with Crippen molar-refractivity contribution < 1.29 is 13.6 Å². The van der Waals surface area contributed by atoms with Crippen LogP contribution < -0.4 is 5.56 Å². The van der Waals surface area contributed by atoms with Crippen molar-refractivity contribution in [2.24, 2.45) is 0 Å². The quantitative estimate of drug-likeness (QED) is 0.478. The molecular weight excluding hydrogens is 395 g/mol. The van der Waals surface area contributed by atoms with E-state index in [2.05, 4.69) is 11.6 Å². The van der Waals surface area contributed by atoms with Gasteiger partial charge in [0.05, 0.1) is 24.9 Å². The predicted octanol–water partition coefficient (Wildman–Crippen LogP) is 5.05. The van der Waals surface area contributed by atoms with Gasteiger partial charge in [-0.05, 0) is 65.9 Å². The number of aromatic amines is 1. The van der Waals surface area contributed by atoms with Gasteiger partial charge >= 0.3 is 0 Å². The summed E-state index contributed by atoms with van der Waals surface area (Å²) in [5.74, 6) is -0.0514. The van der Waals surface area contributed by atoms with E-state index in [1.165, 1.54) is 12.1 Å². The molecule has 2 aromatic heterocycles. The number of nitrogens with one attached hydrogen (secondary N) is 1. The second-order valence-corrected chi connectivity index (χ2v) is 7.32. The van der Waals surface area contributed by atoms with E-state index < -0.39 is 5.82 Å². The largest absolute Gasteiger partial charge is 0.467 e. The number of H-pyrrole nitrogens is 1. The van der Waals surface area contributed by atoms with Gasteiger partial charge in [0.2, 0.25) is 0 Å². The van der Waals surface area contributed by atoms with Crippen LogP contribution in [0.4, 0.5) is 4.39 Å². The van der Waals surface area contributed by atoms with Crippen molar-refractivity contribution in [3.63, 3.8) is 0 Å². The number of aromatic nitrogens is 1. The Morgan fingerprint density at radius 2 is 2.00 bits per heavy atom. The zero-order valence-corrected chi connectivity index (χ0v) is 17.0. The molecule has 0 bridgehead atoms. The highest BCUT2D eigenvalue weighted by Gasteiger charge is 2.21. The molecule has 0 aliphatic carbocycles. The van der Waals surface area contributed by atoms with Crippen LogP contribution in [0.15, 0.2) is 76.7 Å². The highest BCUT2D eigenvalue weighted by Crippen LogP contribution is 2.20. The van der Waals surface area contributed by atoms with E-state index in [1.807, 2.05) is 13.0 Å². The summed E-state index contributed by atoms with van der Waals surface area (Å²) in [5.41, 5.74) is 2.66. The zero-order valence-electron chi connectivity index (χ0n) is 17.0. The van der Waals surface area contributed by atoms with Crippen molar-refractivity contribution in [2.75, 3.05) is 0 Å². The van der Waals surface area contributed by atoms with Crippen molar-refractivity contribution in [1.82, 2.24) is 9.88 Å². The number of rotatable bonds is 6. The maximum atomic E-state index is 13.5. The topological polar surface area (TPSA) is 66.3 Å². The molecule has 1 amide bonds. The molecule has 0 fully saturated rings. The number of furan rings is 1. The third-order valence-corrected chi connectivity index (χ3v) is 5.29. The van der Waals surface area contributed by atoms with E-state index in [1.54, 1.807) is 53.6 Å². The second kappa shape index (κ2) is 8.44. The minimum absolute atomic E-state index is 0.0694. The van der Waals surface area contributed by atoms with E-state index in [0.717, 1.165) is 11.1 Å². The molecule has 0 saturated heterocycles. The average molecular weight is 416 g/mol. The normalized spacial score (nSPS) is 10.9. The molecule has 31 heavy (non-hydrogen) atoms. The predicted molar refractivity (Wildman–Crippen MR) is 118 cm³/mol. The third kappa shape index (κ3) is 4.19. The van der Waals surface area contributed by atoms with Gasteiger partial charge in [-0.25, -0.2) is 4.39 Å². The van der Waals surface area contributed by atoms with E-state index in [0.29, 0.717) is 27.8 Å². The number of hydrogen-bond acceptors (Lipinski definition) is 3. The lowest BCUT2D eigenvalue weighted by Crippen LogP contribution is -2.33. The Balaban J connectivity index is 1.74. The molecule has 0 radical (unpaired) electrons. The van der Waals surface area contributed by atoms with Gasteiger partial charge < -0.3 is 14.3 Å². The van der Waals surface area contributed by atoms with Crippen LogP contribution in [0.2, 0.25) is 0 Å². The van der Waals surface area contributed by atoms with Crippen LogP contribution in [0, 0.1) is 12.7 Å². The summed E-state index contributed by atoms with van der Waals surface area (Å²) in [6.07, 6.45) is 3.25. The molecule has 0 saturated carbocycles. The maximum Gasteiger partial charge on any atom is 0.254 e. The second-order valence-electron chi connectivity index (χ2n) is 7.32. The molecular formula is C25H21FN2O3. The molecule has 0 unspecified atom stereocenters. The molecule has 4 rings (SSSR count). The van der Waals surface area contributed by atoms with Gasteiger partial charge in [-0.15, -0.1) is 0 Å². The Labute approximate surface area is 178 Å². The van der Waals surface area contributed by atoms with Crippen molar-refractivity contribution in [1.29, 1.82) is 0 Å². The summed E-state index contributed by atoms with van der Waals surface area (Å²) < 4.78 is 18.9. The lowest BCUT2D eigenvalue weighted by molar-refractivity contribution is 0.0716. The van der Waals surface area contributed by atoms with Gasteiger partial charge in [-0.3, -0.25) is 9.59 Å². The van der Waals surface area contributed by atoms with Crippen molar-refractivity contribution in [3.05, 3.63) is 112 Å². The van der Waals surface area contributed by atoms with E-state index in [-0.39, 0.29) is 24.6 Å². The third-order valence-electron chi connectivity index (χ3n) is 5.29. The SMILES string of the molecule is C=Cc1cccc(C(=O)N(Cc2ccco2)Cc2cc3ccc(F)cc3[nH]c2=O)c1C. The average Bonchev–Trinajstić information content (AvgIpc) is 3.27. The summed E-state index contributed by atoms with van der Waals surface area (Å²) in [4.78, 5) is 30.4. The van der Waals surface area contributed by atoms with Gasteiger partial charge in [0.1, 0.15) is 11.6 Å². The Morgan fingerprint density at radius 3 is 2.74 bits per heavy atom. The van der Waals surface area contributed by atoms with Crippen LogP contribution in [-0.2, 0) is 13.1 Å². The van der Waals surface area contributed by atoms with Crippen molar-refractivity contribution >= 4 is 22.9 Å². The van der Waals surface area contributed by atoms with Crippen LogP contribution in [0.1, 0.15) is 32.8 Å². The van der Waals surface area contributed by atoms with E-state index in [9.17, 15) is 14.0 Å². The van der Waals surface area contributed by atoms with Gasteiger partial charge in [0.15, 0.2) is 0 Å². The van der Waals surface area contributed by atoms with Gasteiger partial charge in [-0.2, -0.15) is 0 Å². The minimum Gasteiger partial charge on any atom is -0.467 e. The van der Waals surface area contributed by atoms with Crippen LogP contribution >= 0.6 is 0 Å². The van der Waals surface area contributed by atoms with Crippen molar-refractivity contribution in [2.45, 2.75) is 20.0 Å². The number of nitrogens with zero attached hydrogens (tertiary/aromatic N) is 1. The number of hydrogen-bond donors (Lipinski definition) is 1. The standard InChI is InChI=1S/C25H21FN2O3/c1-3-17-6-4-8-22(16(17)2)25(30)28(15-21-7-5-11-31-21)14-19-12-18-9-10-20(26)13-23(18)27-24(19)29/h3-13H,1,14-15H2,2H3,(H,27,29). The molecule has 2 aromatic carbocycles. The number of fused-ring (bicyclic) bond motifs is 1. The van der Waals surface area contributed by atoms with Crippen LogP contribution in [-0.4, -0.2) is 15.8 Å². The molecule has 6 heteroatoms. The summed E-state index contributed by atoms with van der Waals surface area (Å²) >= 11 is 0. The number of benzene rings is 2. The first kappa shape index (κ1) is 20.3. The zero-order chi connectivity index (χ0) is 22.0. The lowest BCUT2D eigenvalue weighted by atomic mass is 10.0. The Morgan fingerprint density at radius 1 is 1.16 bits per heavy atom. The Hall–Kier alpha value is -3.93. The monoisotopic (exact) mass is 416 g/mol. The number of carbonyl (C=O) groups is 1. The maximum absolute atomic E-state index is 13.5. The number of halogens is 1. The van der Waals surface area contributed by atoms with Crippen molar-refractivity contribution in [3.8, 4) is 0 Å². The van der Waals surface area contributed by atoms with Crippen LogP contribution in [0.5, 0.6) is 0 Å². The Bertz CT molecular complexity index is 1320. The number of amides is 1. The molecule has 5 nitrogen and oxygen atoms in total. The molecule has 4 aromatic rings.